The summed E-state index contributed by atoms with van der Waals surface area (Å²) >= 11 is 0. The average molecular weight is 241 g/mol. The van der Waals surface area contributed by atoms with E-state index in [0.29, 0.717) is 5.92 Å². The van der Waals surface area contributed by atoms with Crippen molar-refractivity contribution >= 4 is 11.7 Å². The normalized spacial score (nSPS) is 10.4. The van der Waals surface area contributed by atoms with Gasteiger partial charge in [-0.15, -0.1) is 0 Å². The van der Waals surface area contributed by atoms with Crippen LogP contribution >= 0.6 is 0 Å². The SMILES string of the molecule is CC(C)c1ccc(NC(=O)[n+]2ccccc2)cc1. The van der Waals surface area contributed by atoms with Gasteiger partial charge in [-0.2, -0.15) is 9.36 Å². The van der Waals surface area contributed by atoms with Gasteiger partial charge in [0.2, 0.25) is 0 Å². The molecule has 0 radical (unpaired) electrons. The third-order valence-electron chi connectivity index (χ3n) is 2.78. The minimum atomic E-state index is -0.159. The number of rotatable bonds is 2. The van der Waals surface area contributed by atoms with Gasteiger partial charge < -0.3 is 0 Å². The minimum absolute atomic E-state index is 0.159. The van der Waals surface area contributed by atoms with E-state index in [1.165, 1.54) is 10.1 Å². The molecule has 0 unspecified atom stereocenters. The molecular formula is C15H17N2O+. The topological polar surface area (TPSA) is 33.0 Å². The van der Waals surface area contributed by atoms with Crippen LogP contribution in [0.25, 0.3) is 0 Å². The largest absolute Gasteiger partial charge is 0.500 e. The number of anilines is 1. The number of benzene rings is 1. The van der Waals surface area contributed by atoms with Gasteiger partial charge in [-0.3, -0.25) is 0 Å². The fourth-order valence-electron chi connectivity index (χ4n) is 1.67. The van der Waals surface area contributed by atoms with Crippen molar-refractivity contribution in [3.63, 3.8) is 0 Å². The summed E-state index contributed by atoms with van der Waals surface area (Å²) in [7, 11) is 0. The second kappa shape index (κ2) is 5.45. The Morgan fingerprint density at radius 1 is 1.06 bits per heavy atom. The van der Waals surface area contributed by atoms with Gasteiger partial charge in [0.15, 0.2) is 0 Å². The average Bonchev–Trinajstić information content (AvgIpc) is 2.40. The molecule has 1 aromatic carbocycles. The predicted molar refractivity (Wildman–Crippen MR) is 71.6 cm³/mol. The van der Waals surface area contributed by atoms with E-state index in [1.807, 2.05) is 42.5 Å². The number of aromatic nitrogens is 1. The van der Waals surface area contributed by atoms with Gasteiger partial charge in [-0.1, -0.05) is 32.0 Å². The zero-order valence-electron chi connectivity index (χ0n) is 10.6. The summed E-state index contributed by atoms with van der Waals surface area (Å²) in [6, 6.07) is 13.3. The fourth-order valence-corrected chi connectivity index (χ4v) is 1.67. The Morgan fingerprint density at radius 2 is 1.67 bits per heavy atom. The highest BCUT2D eigenvalue weighted by Crippen LogP contribution is 2.16. The molecule has 0 atom stereocenters. The van der Waals surface area contributed by atoms with Crippen molar-refractivity contribution in [3.05, 3.63) is 60.4 Å². The lowest BCUT2D eigenvalue weighted by Gasteiger charge is -2.05. The summed E-state index contributed by atoms with van der Waals surface area (Å²) in [5.41, 5.74) is 2.07. The second-order valence-corrected chi connectivity index (χ2v) is 4.49. The molecule has 0 fully saturated rings. The van der Waals surface area contributed by atoms with Crippen LogP contribution in [0, 0.1) is 0 Å². The Kier molecular flexibility index (Phi) is 3.72. The molecule has 0 bridgehead atoms. The molecule has 0 spiro atoms. The van der Waals surface area contributed by atoms with Crippen molar-refractivity contribution in [3.8, 4) is 0 Å². The van der Waals surface area contributed by atoms with Crippen molar-refractivity contribution in [1.29, 1.82) is 0 Å². The lowest BCUT2D eigenvalue weighted by Crippen LogP contribution is -2.45. The van der Waals surface area contributed by atoms with Crippen LogP contribution in [0.5, 0.6) is 0 Å². The van der Waals surface area contributed by atoms with Crippen LogP contribution in [-0.4, -0.2) is 6.03 Å². The first-order valence-corrected chi connectivity index (χ1v) is 6.04. The van der Waals surface area contributed by atoms with Crippen molar-refractivity contribution in [1.82, 2.24) is 0 Å². The first kappa shape index (κ1) is 12.3. The first-order chi connectivity index (χ1) is 8.66. The van der Waals surface area contributed by atoms with Crippen molar-refractivity contribution in [2.45, 2.75) is 19.8 Å². The number of hydrogen-bond donors (Lipinski definition) is 1. The third-order valence-corrected chi connectivity index (χ3v) is 2.78. The zero-order chi connectivity index (χ0) is 13.0. The van der Waals surface area contributed by atoms with E-state index in [9.17, 15) is 4.79 Å². The van der Waals surface area contributed by atoms with E-state index >= 15 is 0 Å². The van der Waals surface area contributed by atoms with E-state index < -0.39 is 0 Å². The van der Waals surface area contributed by atoms with Gasteiger partial charge in [0.1, 0.15) is 5.69 Å². The molecule has 0 saturated heterocycles. The third kappa shape index (κ3) is 2.94. The fraction of sp³-hybridized carbons (Fsp3) is 0.200. The Morgan fingerprint density at radius 3 is 2.22 bits per heavy atom. The van der Waals surface area contributed by atoms with Crippen LogP contribution in [0.2, 0.25) is 0 Å². The van der Waals surface area contributed by atoms with Crippen LogP contribution in [0.3, 0.4) is 0 Å². The van der Waals surface area contributed by atoms with Crippen LogP contribution < -0.4 is 9.88 Å². The lowest BCUT2D eigenvalue weighted by atomic mass is 10.0. The summed E-state index contributed by atoms with van der Waals surface area (Å²) < 4.78 is 1.51. The molecule has 1 aromatic heterocycles. The van der Waals surface area contributed by atoms with E-state index in [-0.39, 0.29) is 6.03 Å². The molecule has 1 heterocycles. The smallest absolute Gasteiger partial charge is 0.204 e. The summed E-state index contributed by atoms with van der Waals surface area (Å²) in [6.45, 7) is 4.29. The Balaban J connectivity index is 2.08. The van der Waals surface area contributed by atoms with Gasteiger partial charge in [0.25, 0.3) is 0 Å². The van der Waals surface area contributed by atoms with Gasteiger partial charge in [-0.05, 0) is 35.7 Å². The van der Waals surface area contributed by atoms with Crippen LogP contribution in [0.1, 0.15) is 25.3 Å². The van der Waals surface area contributed by atoms with Crippen LogP contribution in [0.4, 0.5) is 10.5 Å². The standard InChI is InChI=1S/C15H16N2O/c1-12(2)13-6-8-14(9-7-13)16-15(18)17-10-4-3-5-11-17/h3-12H,1-2H3/p+1. The maximum absolute atomic E-state index is 11.9. The monoisotopic (exact) mass is 241 g/mol. The van der Waals surface area contributed by atoms with Crippen LogP contribution in [0.15, 0.2) is 54.9 Å². The first-order valence-electron chi connectivity index (χ1n) is 6.04. The van der Waals surface area contributed by atoms with Gasteiger partial charge in [0.05, 0.1) is 12.4 Å². The number of carbonyl (C=O) groups is 1. The summed E-state index contributed by atoms with van der Waals surface area (Å²) in [4.78, 5) is 11.9. The minimum Gasteiger partial charge on any atom is -0.204 e. The Bertz CT molecular complexity index is 518. The predicted octanol–water partition coefficient (Wildman–Crippen LogP) is 3.18. The molecule has 3 heteroatoms. The quantitative estimate of drug-likeness (QED) is 0.805. The van der Waals surface area contributed by atoms with E-state index in [4.69, 9.17) is 0 Å². The maximum atomic E-state index is 11.9. The highest BCUT2D eigenvalue weighted by Gasteiger charge is 2.12. The molecule has 18 heavy (non-hydrogen) atoms. The van der Waals surface area contributed by atoms with E-state index in [0.717, 1.165) is 5.69 Å². The number of carbonyl (C=O) groups excluding carboxylic acids is 1. The van der Waals surface area contributed by atoms with Crippen LogP contribution in [-0.2, 0) is 0 Å². The van der Waals surface area contributed by atoms with Crippen molar-refractivity contribution in [2.24, 2.45) is 0 Å². The molecule has 1 N–H and O–H groups in total. The highest BCUT2D eigenvalue weighted by molar-refractivity contribution is 5.82. The molecule has 0 saturated carbocycles. The molecule has 0 aliphatic heterocycles. The Labute approximate surface area is 107 Å². The number of hydrogen-bond acceptors (Lipinski definition) is 1. The summed E-state index contributed by atoms with van der Waals surface area (Å²) in [6.07, 6.45) is 3.44. The van der Waals surface area contributed by atoms with E-state index in [2.05, 4.69) is 19.2 Å². The molecule has 2 aromatic rings. The molecule has 0 aliphatic carbocycles. The number of amides is 1. The number of nitrogens with one attached hydrogen (secondary N) is 1. The second-order valence-electron chi connectivity index (χ2n) is 4.49. The molecule has 2 rings (SSSR count). The van der Waals surface area contributed by atoms with Gasteiger partial charge in [0, 0.05) is 0 Å². The maximum Gasteiger partial charge on any atom is 0.500 e. The number of pyridine rings is 1. The van der Waals surface area contributed by atoms with Crippen molar-refractivity contribution in [2.75, 3.05) is 5.32 Å². The summed E-state index contributed by atoms with van der Waals surface area (Å²) in [5, 5.41) is 2.85. The molecular weight excluding hydrogens is 224 g/mol. The van der Waals surface area contributed by atoms with Gasteiger partial charge in [-0.25, -0.2) is 5.32 Å². The molecule has 3 nitrogen and oxygen atoms in total. The molecule has 0 aliphatic rings. The Hall–Kier alpha value is -2.16. The highest BCUT2D eigenvalue weighted by atomic mass is 16.2. The van der Waals surface area contributed by atoms with E-state index in [1.54, 1.807) is 12.4 Å². The molecule has 1 amide bonds. The zero-order valence-corrected chi connectivity index (χ0v) is 10.6. The summed E-state index contributed by atoms with van der Waals surface area (Å²) in [5.74, 6) is 0.498. The molecule has 92 valence electrons. The lowest BCUT2D eigenvalue weighted by molar-refractivity contribution is -0.567. The van der Waals surface area contributed by atoms with Gasteiger partial charge >= 0.3 is 6.03 Å². The van der Waals surface area contributed by atoms with Crippen molar-refractivity contribution < 1.29 is 9.36 Å². The number of nitrogens with zero attached hydrogens (tertiary/aromatic N) is 1.